The van der Waals surface area contributed by atoms with E-state index in [1.54, 1.807) is 6.20 Å². The molecule has 3 rings (SSSR count). The second kappa shape index (κ2) is 10.4. The molecule has 0 aliphatic carbocycles. The Morgan fingerprint density at radius 3 is 2.70 bits per heavy atom. The summed E-state index contributed by atoms with van der Waals surface area (Å²) in [4.78, 5) is 34.3. The van der Waals surface area contributed by atoms with Gasteiger partial charge in [0, 0.05) is 17.3 Å². The summed E-state index contributed by atoms with van der Waals surface area (Å²) >= 11 is 3.40. The van der Waals surface area contributed by atoms with Crippen LogP contribution in [0.25, 0.3) is 11.3 Å². The number of imidazole rings is 1. The van der Waals surface area contributed by atoms with E-state index in [1.807, 2.05) is 24.3 Å². The molecule has 1 fully saturated rings. The number of halogens is 1. The number of amides is 2. The maximum absolute atomic E-state index is 13.4. The van der Waals surface area contributed by atoms with Gasteiger partial charge in [0.05, 0.1) is 42.8 Å². The average molecular weight is 538 g/mol. The van der Waals surface area contributed by atoms with Crippen molar-refractivity contribution in [1.82, 2.24) is 20.2 Å². The number of hydrogen-bond acceptors (Lipinski definition) is 7. The SMILES string of the molecule is COC(=O)N[C@@H](CCS(C)(=O)=O)C(=O)N1C[C@@H](C#N)C[C@H]1c1ncc(-c2ccc(Br)cc2)[nH]1. The molecule has 0 saturated carbocycles. The van der Waals surface area contributed by atoms with Crippen molar-refractivity contribution in [2.24, 2.45) is 5.92 Å². The molecule has 2 heterocycles. The van der Waals surface area contributed by atoms with Gasteiger partial charge in [-0.3, -0.25) is 4.79 Å². The van der Waals surface area contributed by atoms with Crippen LogP contribution in [0.2, 0.25) is 0 Å². The number of ether oxygens (including phenoxy) is 1. The molecule has 0 radical (unpaired) electrons. The lowest BCUT2D eigenvalue weighted by Crippen LogP contribution is -2.49. The third-order valence-corrected chi connectivity index (χ3v) is 6.89. The fourth-order valence-electron chi connectivity index (χ4n) is 3.71. The third-order valence-electron chi connectivity index (χ3n) is 5.39. The van der Waals surface area contributed by atoms with Crippen LogP contribution >= 0.6 is 15.9 Å². The number of hydrogen-bond donors (Lipinski definition) is 2. The molecule has 176 valence electrons. The van der Waals surface area contributed by atoms with Gasteiger partial charge in [0.2, 0.25) is 5.91 Å². The summed E-state index contributed by atoms with van der Waals surface area (Å²) in [5, 5.41) is 11.9. The molecule has 33 heavy (non-hydrogen) atoms. The van der Waals surface area contributed by atoms with Crippen LogP contribution in [0.1, 0.15) is 24.7 Å². The highest BCUT2D eigenvalue weighted by molar-refractivity contribution is 9.10. The maximum Gasteiger partial charge on any atom is 0.407 e. The lowest BCUT2D eigenvalue weighted by molar-refractivity contribution is -0.134. The van der Waals surface area contributed by atoms with Gasteiger partial charge in [0.1, 0.15) is 21.7 Å². The van der Waals surface area contributed by atoms with Crippen molar-refractivity contribution in [3.8, 4) is 17.3 Å². The summed E-state index contributed by atoms with van der Waals surface area (Å²) in [7, 11) is -2.21. The number of nitrogens with zero attached hydrogens (tertiary/aromatic N) is 3. The molecule has 1 aromatic carbocycles. The van der Waals surface area contributed by atoms with E-state index in [-0.39, 0.29) is 18.7 Å². The first-order chi connectivity index (χ1) is 15.6. The van der Waals surface area contributed by atoms with Crippen LogP contribution in [0.4, 0.5) is 4.79 Å². The molecule has 2 amide bonds. The summed E-state index contributed by atoms with van der Waals surface area (Å²) < 4.78 is 28.8. The first-order valence-electron chi connectivity index (χ1n) is 10.1. The molecular formula is C21H24BrN5O5S. The Hall–Kier alpha value is -2.91. The van der Waals surface area contributed by atoms with Gasteiger partial charge in [0.25, 0.3) is 0 Å². The summed E-state index contributed by atoms with van der Waals surface area (Å²) in [6.07, 6.45) is 2.13. The smallest absolute Gasteiger partial charge is 0.407 e. The van der Waals surface area contributed by atoms with E-state index in [1.165, 1.54) is 4.90 Å². The largest absolute Gasteiger partial charge is 0.453 e. The summed E-state index contributed by atoms with van der Waals surface area (Å²) in [6, 6.07) is 8.18. The van der Waals surface area contributed by atoms with Crippen LogP contribution < -0.4 is 5.32 Å². The molecule has 1 saturated heterocycles. The highest BCUT2D eigenvalue weighted by Crippen LogP contribution is 2.35. The number of aromatic amines is 1. The zero-order chi connectivity index (χ0) is 24.2. The zero-order valence-corrected chi connectivity index (χ0v) is 20.5. The highest BCUT2D eigenvalue weighted by atomic mass is 79.9. The van der Waals surface area contributed by atoms with Crippen molar-refractivity contribution in [2.75, 3.05) is 25.7 Å². The molecule has 0 unspecified atom stereocenters. The summed E-state index contributed by atoms with van der Waals surface area (Å²) in [6.45, 7) is 0.145. The predicted octanol–water partition coefficient (Wildman–Crippen LogP) is 2.41. The Balaban J connectivity index is 1.87. The quantitative estimate of drug-likeness (QED) is 0.551. The number of likely N-dealkylation sites (tertiary alicyclic amines) is 1. The van der Waals surface area contributed by atoms with Crippen LogP contribution in [-0.4, -0.2) is 67.0 Å². The van der Waals surface area contributed by atoms with E-state index in [0.717, 1.165) is 29.1 Å². The van der Waals surface area contributed by atoms with E-state index in [9.17, 15) is 23.3 Å². The van der Waals surface area contributed by atoms with Crippen molar-refractivity contribution < 1.29 is 22.7 Å². The minimum Gasteiger partial charge on any atom is -0.453 e. The standard InChI is InChI=1S/C21H24BrN5O5S/c1-32-21(29)26-16(7-8-33(2,30)31)20(28)27-12-13(10-23)9-18(27)19-24-11-17(25-19)14-3-5-15(22)6-4-14/h3-6,11,13,16,18H,7-9,12H2,1-2H3,(H,24,25)(H,26,29)/t13-,16+,18+/m1/s1. The number of nitriles is 1. The van der Waals surface area contributed by atoms with Gasteiger partial charge < -0.3 is 19.9 Å². The molecule has 2 N–H and O–H groups in total. The van der Waals surface area contributed by atoms with Crippen LogP contribution in [-0.2, 0) is 19.4 Å². The number of rotatable bonds is 7. The van der Waals surface area contributed by atoms with E-state index in [2.05, 4.69) is 42.0 Å². The van der Waals surface area contributed by atoms with Crippen LogP contribution in [0.15, 0.2) is 34.9 Å². The fraction of sp³-hybridized carbons (Fsp3) is 0.429. The molecule has 1 aliphatic rings. The van der Waals surface area contributed by atoms with Crippen LogP contribution in [0.3, 0.4) is 0 Å². The second-order valence-corrected chi connectivity index (χ2v) is 11.0. The number of H-pyrrole nitrogens is 1. The van der Waals surface area contributed by atoms with Crippen molar-refractivity contribution >= 4 is 37.8 Å². The van der Waals surface area contributed by atoms with Gasteiger partial charge in [-0.2, -0.15) is 5.26 Å². The number of carbonyl (C=O) groups excluding carboxylic acids is 2. The number of carbonyl (C=O) groups is 2. The molecule has 10 nitrogen and oxygen atoms in total. The average Bonchev–Trinajstić information content (AvgIpc) is 3.43. The van der Waals surface area contributed by atoms with Gasteiger partial charge >= 0.3 is 6.09 Å². The predicted molar refractivity (Wildman–Crippen MR) is 124 cm³/mol. The number of sulfone groups is 1. The van der Waals surface area contributed by atoms with E-state index in [0.29, 0.717) is 12.2 Å². The second-order valence-electron chi connectivity index (χ2n) is 7.86. The topological polar surface area (TPSA) is 145 Å². The summed E-state index contributed by atoms with van der Waals surface area (Å²) in [5.74, 6) is -0.691. The van der Waals surface area contributed by atoms with E-state index < -0.39 is 39.8 Å². The van der Waals surface area contributed by atoms with Crippen molar-refractivity contribution in [3.05, 3.63) is 40.8 Å². The van der Waals surface area contributed by atoms with Crippen LogP contribution in [0.5, 0.6) is 0 Å². The van der Waals surface area contributed by atoms with Crippen molar-refractivity contribution in [1.29, 1.82) is 5.26 Å². The number of nitrogens with one attached hydrogen (secondary N) is 2. The normalized spacial score (nSPS) is 19.0. The Morgan fingerprint density at radius 1 is 1.39 bits per heavy atom. The number of benzene rings is 1. The van der Waals surface area contributed by atoms with E-state index in [4.69, 9.17) is 0 Å². The Morgan fingerprint density at radius 2 is 2.09 bits per heavy atom. The number of alkyl carbamates (subject to hydrolysis) is 1. The van der Waals surface area contributed by atoms with Gasteiger partial charge in [-0.25, -0.2) is 18.2 Å². The molecular weight excluding hydrogens is 514 g/mol. The van der Waals surface area contributed by atoms with E-state index >= 15 is 0 Å². The Bertz CT molecular complexity index is 1160. The molecule has 1 aromatic heterocycles. The number of aromatic nitrogens is 2. The monoisotopic (exact) mass is 537 g/mol. The maximum atomic E-state index is 13.4. The van der Waals surface area contributed by atoms with Crippen molar-refractivity contribution in [2.45, 2.75) is 24.9 Å². The third kappa shape index (κ3) is 6.33. The molecule has 0 bridgehead atoms. The molecule has 3 atom stereocenters. The summed E-state index contributed by atoms with van der Waals surface area (Å²) in [5.41, 5.74) is 1.66. The first kappa shape index (κ1) is 24.7. The van der Waals surface area contributed by atoms with Gasteiger partial charge in [-0.15, -0.1) is 0 Å². The fourth-order valence-corrected chi connectivity index (χ4v) is 4.63. The Labute approximate surface area is 200 Å². The van der Waals surface area contributed by atoms with Crippen molar-refractivity contribution in [3.63, 3.8) is 0 Å². The minimum absolute atomic E-state index is 0.116. The molecule has 12 heteroatoms. The lowest BCUT2D eigenvalue weighted by Gasteiger charge is -2.28. The van der Waals surface area contributed by atoms with Gasteiger partial charge in [-0.05, 0) is 30.5 Å². The Kier molecular flexibility index (Phi) is 7.76. The lowest BCUT2D eigenvalue weighted by atomic mass is 10.1. The number of methoxy groups -OCH3 is 1. The highest BCUT2D eigenvalue weighted by Gasteiger charge is 2.41. The van der Waals surface area contributed by atoms with Gasteiger partial charge in [-0.1, -0.05) is 28.1 Å². The molecule has 2 aromatic rings. The molecule has 1 aliphatic heterocycles. The minimum atomic E-state index is -3.37. The molecule has 0 spiro atoms. The first-order valence-corrected chi connectivity index (χ1v) is 13.0. The zero-order valence-electron chi connectivity index (χ0n) is 18.1. The van der Waals surface area contributed by atoms with Gasteiger partial charge in [0.15, 0.2) is 0 Å². The van der Waals surface area contributed by atoms with Crippen LogP contribution in [0, 0.1) is 17.2 Å².